The fourth-order valence-corrected chi connectivity index (χ4v) is 1.58. The van der Waals surface area contributed by atoms with Crippen molar-refractivity contribution in [3.8, 4) is 11.8 Å². The van der Waals surface area contributed by atoms with E-state index in [0.29, 0.717) is 22.5 Å². The molecule has 1 rings (SSSR count). The fraction of sp³-hybridized carbons (Fsp3) is 0.133. The highest BCUT2D eigenvalue weighted by molar-refractivity contribution is 6.59. The van der Waals surface area contributed by atoms with E-state index in [0.717, 1.165) is 5.56 Å². The van der Waals surface area contributed by atoms with Gasteiger partial charge in [-0.15, -0.1) is 0 Å². The van der Waals surface area contributed by atoms with Gasteiger partial charge < -0.3 is 14.8 Å². The van der Waals surface area contributed by atoms with Crippen molar-refractivity contribution in [1.29, 1.82) is 5.26 Å². The molecule has 1 aromatic rings. The number of benzene rings is 1. The van der Waals surface area contributed by atoms with Crippen molar-refractivity contribution in [2.24, 2.45) is 0 Å². The molecule has 0 aromatic heterocycles. The molecule has 4 nitrogen and oxygen atoms in total. The van der Waals surface area contributed by atoms with Gasteiger partial charge in [-0.1, -0.05) is 18.7 Å². The average molecular weight is 269 g/mol. The van der Waals surface area contributed by atoms with Gasteiger partial charge in [-0.25, -0.2) is 0 Å². The molecule has 0 aliphatic carbocycles. The summed E-state index contributed by atoms with van der Waals surface area (Å²) in [6.45, 7) is 7.06. The first-order valence-corrected chi connectivity index (χ1v) is 6.03. The normalized spacial score (nSPS) is 11.8. The molecule has 102 valence electrons. The third-order valence-corrected chi connectivity index (χ3v) is 2.64. The molecule has 1 aromatic carbocycles. The Morgan fingerprint density at radius 2 is 2.10 bits per heavy atom. The van der Waals surface area contributed by atoms with Crippen molar-refractivity contribution in [3.63, 3.8) is 0 Å². The van der Waals surface area contributed by atoms with Crippen LogP contribution in [0.2, 0.25) is 0 Å². The zero-order chi connectivity index (χ0) is 15.1. The number of hydrogen-bond donors (Lipinski definition) is 2. The predicted octanol–water partition coefficient (Wildman–Crippen LogP) is 1.59. The topological polar surface area (TPSA) is 73.5 Å². The summed E-state index contributed by atoms with van der Waals surface area (Å²) >= 11 is 0. The Bertz CT molecular complexity index is 598. The number of aryl methyl sites for hydroxylation is 1. The maximum Gasteiger partial charge on any atom is 0.488 e. The molecule has 20 heavy (non-hydrogen) atoms. The second kappa shape index (κ2) is 7.34. The van der Waals surface area contributed by atoms with E-state index in [1.54, 1.807) is 44.2 Å². The Labute approximate surface area is 119 Å². The second-order valence-corrected chi connectivity index (χ2v) is 4.21. The summed E-state index contributed by atoms with van der Waals surface area (Å²) in [6, 6.07) is 6.96. The van der Waals surface area contributed by atoms with Crippen LogP contribution in [0.1, 0.15) is 12.5 Å². The molecular weight excluding hydrogens is 253 g/mol. The fourth-order valence-electron chi connectivity index (χ4n) is 1.58. The Hall–Kier alpha value is -2.29. The Balaban J connectivity index is 2.87. The number of nitrogens with zero attached hydrogens (tertiary/aromatic N) is 1. The maximum atomic E-state index is 9.13. The molecule has 0 aliphatic rings. The highest BCUT2D eigenvalue weighted by Gasteiger charge is 2.14. The minimum atomic E-state index is -1.49. The summed E-state index contributed by atoms with van der Waals surface area (Å²) in [5.74, 6) is 1.20. The van der Waals surface area contributed by atoms with Crippen molar-refractivity contribution in [3.05, 3.63) is 59.9 Å². The number of nitriles is 1. The molecule has 0 spiro atoms. The van der Waals surface area contributed by atoms with Gasteiger partial charge in [-0.3, -0.25) is 0 Å². The quantitative estimate of drug-likeness (QED) is 0.368. The third kappa shape index (κ3) is 4.43. The van der Waals surface area contributed by atoms with Crippen LogP contribution >= 0.6 is 0 Å². The minimum absolute atomic E-state index is 0.442. The zero-order valence-electron chi connectivity index (χ0n) is 11.5. The van der Waals surface area contributed by atoms with Gasteiger partial charge in [0.15, 0.2) is 0 Å². The summed E-state index contributed by atoms with van der Waals surface area (Å²) in [6.07, 6.45) is 4.75. The van der Waals surface area contributed by atoms with Crippen LogP contribution in [0.25, 0.3) is 0 Å². The van der Waals surface area contributed by atoms with E-state index >= 15 is 0 Å². The van der Waals surface area contributed by atoms with Crippen LogP contribution < -0.4 is 10.2 Å². The zero-order valence-corrected chi connectivity index (χ0v) is 11.5. The number of rotatable bonds is 5. The summed E-state index contributed by atoms with van der Waals surface area (Å²) < 4.78 is 5.58. The SMILES string of the molecule is C=C/C(C#N)=C\C=C(/C)Oc1ccc(B(O)O)c(C)c1. The van der Waals surface area contributed by atoms with Gasteiger partial charge in [-0.2, -0.15) is 5.26 Å². The monoisotopic (exact) mass is 269 g/mol. The number of allylic oxidation sites excluding steroid dienone is 5. The van der Waals surface area contributed by atoms with Crippen molar-refractivity contribution >= 4 is 12.6 Å². The molecule has 0 amide bonds. The Kier molecular flexibility index (Phi) is 5.79. The molecule has 0 heterocycles. The van der Waals surface area contributed by atoms with Gasteiger partial charge in [0.25, 0.3) is 0 Å². The molecule has 0 atom stereocenters. The third-order valence-electron chi connectivity index (χ3n) is 2.64. The van der Waals surface area contributed by atoms with Crippen molar-refractivity contribution in [2.75, 3.05) is 0 Å². The van der Waals surface area contributed by atoms with Crippen LogP contribution in [0.5, 0.6) is 5.75 Å². The van der Waals surface area contributed by atoms with Crippen LogP contribution in [-0.2, 0) is 0 Å². The van der Waals surface area contributed by atoms with Gasteiger partial charge in [0.05, 0.1) is 11.6 Å². The largest absolute Gasteiger partial charge is 0.488 e. The molecule has 0 radical (unpaired) electrons. The lowest BCUT2D eigenvalue weighted by Crippen LogP contribution is -2.31. The summed E-state index contributed by atoms with van der Waals surface area (Å²) in [4.78, 5) is 0. The lowest BCUT2D eigenvalue weighted by atomic mass is 9.77. The van der Waals surface area contributed by atoms with E-state index in [4.69, 9.17) is 20.0 Å². The van der Waals surface area contributed by atoms with E-state index in [1.165, 1.54) is 6.08 Å². The summed E-state index contributed by atoms with van der Waals surface area (Å²) in [5, 5.41) is 27.0. The van der Waals surface area contributed by atoms with Gasteiger partial charge in [-0.05, 0) is 49.2 Å². The van der Waals surface area contributed by atoms with E-state index in [-0.39, 0.29) is 0 Å². The predicted molar refractivity (Wildman–Crippen MR) is 79.3 cm³/mol. The highest BCUT2D eigenvalue weighted by Crippen LogP contribution is 2.15. The summed E-state index contributed by atoms with van der Waals surface area (Å²) in [5.41, 5.74) is 1.62. The highest BCUT2D eigenvalue weighted by atomic mass is 16.5. The Morgan fingerprint density at radius 3 is 2.60 bits per heavy atom. The van der Waals surface area contributed by atoms with E-state index < -0.39 is 7.12 Å². The van der Waals surface area contributed by atoms with Gasteiger partial charge >= 0.3 is 7.12 Å². The minimum Gasteiger partial charge on any atom is -0.462 e. The molecule has 0 saturated carbocycles. The van der Waals surface area contributed by atoms with Crippen molar-refractivity contribution in [1.82, 2.24) is 0 Å². The first-order valence-electron chi connectivity index (χ1n) is 6.03. The van der Waals surface area contributed by atoms with E-state index in [9.17, 15) is 0 Å². The van der Waals surface area contributed by atoms with E-state index in [2.05, 4.69) is 6.58 Å². The number of ether oxygens (including phenoxy) is 1. The van der Waals surface area contributed by atoms with E-state index in [1.807, 2.05) is 6.07 Å². The lowest BCUT2D eigenvalue weighted by Gasteiger charge is -2.09. The van der Waals surface area contributed by atoms with Gasteiger partial charge in [0.1, 0.15) is 11.5 Å². The van der Waals surface area contributed by atoms with Crippen LogP contribution in [0, 0.1) is 18.3 Å². The first-order chi connectivity index (χ1) is 9.47. The van der Waals surface area contributed by atoms with Crippen molar-refractivity contribution < 1.29 is 14.8 Å². The maximum absolute atomic E-state index is 9.13. The first kappa shape index (κ1) is 15.8. The van der Waals surface area contributed by atoms with Crippen LogP contribution in [0.4, 0.5) is 0 Å². The lowest BCUT2D eigenvalue weighted by molar-refractivity contribution is 0.423. The Morgan fingerprint density at radius 1 is 1.40 bits per heavy atom. The molecule has 2 N–H and O–H groups in total. The van der Waals surface area contributed by atoms with Gasteiger partial charge in [0.2, 0.25) is 0 Å². The average Bonchev–Trinajstić information content (AvgIpc) is 2.39. The molecule has 0 aliphatic heterocycles. The molecule has 0 saturated heterocycles. The second-order valence-electron chi connectivity index (χ2n) is 4.21. The smallest absolute Gasteiger partial charge is 0.462 e. The molecule has 0 fully saturated rings. The summed E-state index contributed by atoms with van der Waals surface area (Å²) in [7, 11) is -1.49. The standard InChI is InChI=1S/C15H16BNO3/c1-4-13(10-17)6-5-12(3)20-14-7-8-15(16(18)19)11(2)9-14/h4-9,18-19H,1H2,2-3H3/b12-5+,13-6+. The number of hydrogen-bond acceptors (Lipinski definition) is 4. The van der Waals surface area contributed by atoms with Crippen molar-refractivity contribution in [2.45, 2.75) is 13.8 Å². The molecule has 0 unspecified atom stereocenters. The van der Waals surface area contributed by atoms with Crippen LogP contribution in [-0.4, -0.2) is 17.2 Å². The van der Waals surface area contributed by atoms with Crippen LogP contribution in [0.3, 0.4) is 0 Å². The molecule has 0 bridgehead atoms. The van der Waals surface area contributed by atoms with Crippen LogP contribution in [0.15, 0.2) is 54.3 Å². The molecular formula is C15H16BNO3. The molecule has 5 heteroatoms. The van der Waals surface area contributed by atoms with Gasteiger partial charge in [0, 0.05) is 0 Å².